The van der Waals surface area contributed by atoms with Crippen molar-refractivity contribution in [2.75, 3.05) is 7.11 Å². The maximum atomic E-state index is 11.2. The Hall–Kier alpha value is -1.40. The highest BCUT2D eigenvalue weighted by molar-refractivity contribution is 9.10. The molecule has 0 bridgehead atoms. The number of carboxylic acid groups (broad SMARTS) is 1. The Bertz CT molecular complexity index is 609. The van der Waals surface area contributed by atoms with Crippen LogP contribution in [-0.4, -0.2) is 23.2 Å². The molecule has 0 atom stereocenters. The third kappa shape index (κ3) is 2.39. The van der Waals surface area contributed by atoms with E-state index in [9.17, 15) is 4.79 Å². The van der Waals surface area contributed by atoms with Gasteiger partial charge in [-0.05, 0) is 41.1 Å². The number of benzene rings is 1. The molecule has 0 aliphatic carbocycles. The number of rotatable bonds is 3. The van der Waals surface area contributed by atoms with E-state index in [4.69, 9.17) is 9.84 Å². The van der Waals surface area contributed by atoms with Crippen molar-refractivity contribution in [1.82, 2.24) is 4.98 Å². The summed E-state index contributed by atoms with van der Waals surface area (Å²) in [5, 5.41) is 9.89. The molecule has 2 aromatic rings. The van der Waals surface area contributed by atoms with Gasteiger partial charge >= 0.3 is 5.97 Å². The van der Waals surface area contributed by atoms with E-state index >= 15 is 0 Å². The van der Waals surface area contributed by atoms with Crippen LogP contribution in [0.3, 0.4) is 0 Å². The highest BCUT2D eigenvalue weighted by Gasteiger charge is 2.19. The number of aryl methyl sites for hydroxylation is 1. The first-order valence-corrected chi connectivity index (χ1v) is 6.68. The second kappa shape index (κ2) is 5.07. The Balaban J connectivity index is 2.58. The molecule has 1 aromatic heterocycles. The number of ether oxygens (including phenoxy) is 1. The fourth-order valence-electron chi connectivity index (χ4n) is 1.57. The van der Waals surface area contributed by atoms with Gasteiger partial charge in [0.1, 0.15) is 10.6 Å². The first-order valence-electron chi connectivity index (χ1n) is 5.07. The van der Waals surface area contributed by atoms with Crippen molar-refractivity contribution in [2.45, 2.75) is 6.92 Å². The number of thiazole rings is 1. The number of hydrogen-bond donors (Lipinski definition) is 1. The maximum Gasteiger partial charge on any atom is 0.348 e. The zero-order valence-electron chi connectivity index (χ0n) is 9.73. The summed E-state index contributed by atoms with van der Waals surface area (Å²) in [5.74, 6) is -0.257. The Kier molecular flexibility index (Phi) is 3.68. The Morgan fingerprint density at radius 2 is 2.22 bits per heavy atom. The molecule has 0 aliphatic rings. The van der Waals surface area contributed by atoms with Gasteiger partial charge in [0.15, 0.2) is 0 Å². The molecule has 4 nitrogen and oxygen atoms in total. The van der Waals surface area contributed by atoms with E-state index in [1.807, 2.05) is 0 Å². The second-order valence-corrected chi connectivity index (χ2v) is 5.62. The molecule has 1 aromatic carbocycles. The summed E-state index contributed by atoms with van der Waals surface area (Å²) in [5.41, 5.74) is 1.23. The van der Waals surface area contributed by atoms with Crippen LogP contribution in [0.25, 0.3) is 11.3 Å². The lowest BCUT2D eigenvalue weighted by Crippen LogP contribution is -1.96. The van der Waals surface area contributed by atoms with Crippen molar-refractivity contribution in [3.63, 3.8) is 0 Å². The number of aromatic carboxylic acids is 1. The molecule has 18 heavy (non-hydrogen) atoms. The largest absolute Gasteiger partial charge is 0.497 e. The van der Waals surface area contributed by atoms with Gasteiger partial charge in [-0.2, -0.15) is 0 Å². The number of aromatic nitrogens is 1. The Morgan fingerprint density at radius 3 is 2.78 bits per heavy atom. The molecule has 0 radical (unpaired) electrons. The van der Waals surface area contributed by atoms with Gasteiger partial charge in [0.2, 0.25) is 0 Å². The molecule has 0 saturated carbocycles. The molecule has 94 valence electrons. The molecule has 2 rings (SSSR count). The van der Waals surface area contributed by atoms with E-state index in [2.05, 4.69) is 20.9 Å². The van der Waals surface area contributed by atoms with E-state index in [1.54, 1.807) is 32.2 Å². The first-order chi connectivity index (χ1) is 8.52. The molecule has 0 amide bonds. The summed E-state index contributed by atoms with van der Waals surface area (Å²) in [7, 11) is 1.58. The van der Waals surface area contributed by atoms with Gasteiger partial charge in [-0.15, -0.1) is 11.3 Å². The molecular formula is C12H10BrNO3S. The first kappa shape index (κ1) is 13.0. The summed E-state index contributed by atoms with van der Waals surface area (Å²) in [6.45, 7) is 1.79. The van der Waals surface area contributed by atoms with Crippen LogP contribution in [0.15, 0.2) is 22.7 Å². The molecule has 1 N–H and O–H groups in total. The smallest absolute Gasteiger partial charge is 0.348 e. The number of methoxy groups -OCH3 is 1. The number of carboxylic acids is 1. The quantitative estimate of drug-likeness (QED) is 0.935. The SMILES string of the molecule is COc1ccc(-c2nc(C)sc2C(=O)O)c(Br)c1. The summed E-state index contributed by atoms with van der Waals surface area (Å²) in [6, 6.07) is 5.36. The van der Waals surface area contributed by atoms with E-state index in [-0.39, 0.29) is 4.88 Å². The lowest BCUT2D eigenvalue weighted by molar-refractivity contribution is 0.0702. The van der Waals surface area contributed by atoms with Gasteiger partial charge < -0.3 is 9.84 Å². The highest BCUT2D eigenvalue weighted by Crippen LogP contribution is 2.35. The zero-order valence-corrected chi connectivity index (χ0v) is 12.1. The number of carbonyl (C=O) groups is 1. The van der Waals surface area contributed by atoms with Crippen LogP contribution in [0.4, 0.5) is 0 Å². The van der Waals surface area contributed by atoms with Crippen LogP contribution >= 0.6 is 27.3 Å². The van der Waals surface area contributed by atoms with Crippen LogP contribution in [0.1, 0.15) is 14.7 Å². The molecular weight excluding hydrogens is 318 g/mol. The molecule has 0 saturated heterocycles. The molecule has 0 unspecified atom stereocenters. The monoisotopic (exact) mass is 327 g/mol. The normalized spacial score (nSPS) is 10.4. The van der Waals surface area contributed by atoms with Crippen LogP contribution in [0.5, 0.6) is 5.75 Å². The predicted octanol–water partition coefficient (Wildman–Crippen LogP) is 3.59. The number of hydrogen-bond acceptors (Lipinski definition) is 4. The van der Waals surface area contributed by atoms with E-state index in [0.717, 1.165) is 15.0 Å². The number of halogens is 1. The highest BCUT2D eigenvalue weighted by atomic mass is 79.9. The molecule has 0 spiro atoms. The summed E-state index contributed by atoms with van der Waals surface area (Å²) < 4.78 is 5.86. The zero-order chi connectivity index (χ0) is 13.3. The molecule has 1 heterocycles. The summed E-state index contributed by atoms with van der Waals surface area (Å²) in [4.78, 5) is 15.7. The van der Waals surface area contributed by atoms with Crippen molar-refractivity contribution < 1.29 is 14.6 Å². The van der Waals surface area contributed by atoms with Gasteiger partial charge in [0, 0.05) is 10.0 Å². The Labute approximate surface area is 116 Å². The van der Waals surface area contributed by atoms with Crippen molar-refractivity contribution in [3.8, 4) is 17.0 Å². The van der Waals surface area contributed by atoms with Gasteiger partial charge in [-0.3, -0.25) is 0 Å². The average Bonchev–Trinajstić information content (AvgIpc) is 2.71. The fourth-order valence-corrected chi connectivity index (χ4v) is 2.89. The van der Waals surface area contributed by atoms with Gasteiger partial charge in [-0.25, -0.2) is 9.78 Å². The van der Waals surface area contributed by atoms with E-state index < -0.39 is 5.97 Å². The van der Waals surface area contributed by atoms with Crippen LogP contribution in [0, 0.1) is 6.92 Å². The van der Waals surface area contributed by atoms with E-state index in [0.29, 0.717) is 11.4 Å². The lowest BCUT2D eigenvalue weighted by Gasteiger charge is -2.05. The predicted molar refractivity (Wildman–Crippen MR) is 73.5 cm³/mol. The van der Waals surface area contributed by atoms with Crippen LogP contribution < -0.4 is 4.74 Å². The third-order valence-electron chi connectivity index (χ3n) is 2.36. The minimum Gasteiger partial charge on any atom is -0.497 e. The molecule has 6 heteroatoms. The van der Waals surface area contributed by atoms with Crippen LogP contribution in [0.2, 0.25) is 0 Å². The maximum absolute atomic E-state index is 11.2. The van der Waals surface area contributed by atoms with Crippen molar-refractivity contribution in [3.05, 3.63) is 32.6 Å². The van der Waals surface area contributed by atoms with Gasteiger partial charge in [0.05, 0.1) is 17.8 Å². The topological polar surface area (TPSA) is 59.4 Å². The minimum absolute atomic E-state index is 0.248. The fraction of sp³-hybridized carbons (Fsp3) is 0.167. The van der Waals surface area contributed by atoms with Crippen molar-refractivity contribution in [2.24, 2.45) is 0 Å². The van der Waals surface area contributed by atoms with Crippen LogP contribution in [-0.2, 0) is 0 Å². The average molecular weight is 328 g/mol. The van der Waals surface area contributed by atoms with E-state index in [1.165, 1.54) is 11.3 Å². The number of nitrogens with zero attached hydrogens (tertiary/aromatic N) is 1. The van der Waals surface area contributed by atoms with Gasteiger partial charge in [0.25, 0.3) is 0 Å². The lowest BCUT2D eigenvalue weighted by atomic mass is 10.1. The summed E-state index contributed by atoms with van der Waals surface area (Å²) >= 11 is 4.58. The molecule has 0 fully saturated rings. The minimum atomic E-state index is -0.960. The third-order valence-corrected chi connectivity index (χ3v) is 3.97. The second-order valence-electron chi connectivity index (χ2n) is 3.56. The standard InChI is InChI=1S/C12H10BrNO3S/c1-6-14-10(11(18-6)12(15)16)8-4-3-7(17-2)5-9(8)13/h3-5H,1-2H3,(H,15,16). The van der Waals surface area contributed by atoms with Crippen molar-refractivity contribution >= 4 is 33.2 Å². The van der Waals surface area contributed by atoms with Gasteiger partial charge in [-0.1, -0.05) is 0 Å². The summed E-state index contributed by atoms with van der Waals surface area (Å²) in [6.07, 6.45) is 0. The Morgan fingerprint density at radius 1 is 1.50 bits per heavy atom. The van der Waals surface area contributed by atoms with Crippen molar-refractivity contribution in [1.29, 1.82) is 0 Å². The molecule has 0 aliphatic heterocycles.